The van der Waals surface area contributed by atoms with Crippen LogP contribution in [0.5, 0.6) is 0 Å². The van der Waals surface area contributed by atoms with Crippen LogP contribution >= 0.6 is 0 Å². The SMILES string of the molecule is CCCC(CC)C(C)[N+](=O)[O-]. The van der Waals surface area contributed by atoms with Crippen molar-refractivity contribution in [2.24, 2.45) is 5.92 Å². The monoisotopic (exact) mass is 159 g/mol. The van der Waals surface area contributed by atoms with E-state index in [0.717, 1.165) is 19.3 Å². The van der Waals surface area contributed by atoms with Crippen molar-refractivity contribution in [3.8, 4) is 0 Å². The normalized spacial score (nSPS) is 15.9. The molecule has 0 saturated heterocycles. The van der Waals surface area contributed by atoms with Crippen molar-refractivity contribution in [1.29, 1.82) is 0 Å². The minimum atomic E-state index is -0.375. The summed E-state index contributed by atoms with van der Waals surface area (Å²) in [5, 5.41) is 10.4. The second-order valence-corrected chi connectivity index (χ2v) is 2.98. The maximum absolute atomic E-state index is 10.4. The quantitative estimate of drug-likeness (QED) is 0.457. The van der Waals surface area contributed by atoms with Crippen molar-refractivity contribution in [2.45, 2.75) is 46.1 Å². The van der Waals surface area contributed by atoms with Gasteiger partial charge in [-0.05, 0) is 12.8 Å². The zero-order valence-corrected chi connectivity index (χ0v) is 7.54. The van der Waals surface area contributed by atoms with Gasteiger partial charge in [-0.1, -0.05) is 20.3 Å². The van der Waals surface area contributed by atoms with Crippen LogP contribution in [0.25, 0.3) is 0 Å². The number of nitrogens with zero attached hydrogens (tertiary/aromatic N) is 1. The molecule has 0 aromatic rings. The molecule has 0 spiro atoms. The molecule has 2 unspecified atom stereocenters. The molecule has 0 aliphatic rings. The number of hydrogen-bond donors (Lipinski definition) is 0. The first-order valence-electron chi connectivity index (χ1n) is 4.26. The van der Waals surface area contributed by atoms with Gasteiger partial charge in [-0.25, -0.2) is 0 Å². The van der Waals surface area contributed by atoms with E-state index in [4.69, 9.17) is 0 Å². The molecule has 2 atom stereocenters. The van der Waals surface area contributed by atoms with Gasteiger partial charge in [0.2, 0.25) is 6.04 Å². The highest BCUT2D eigenvalue weighted by Gasteiger charge is 2.23. The van der Waals surface area contributed by atoms with E-state index in [1.807, 2.05) is 6.92 Å². The molecule has 0 fully saturated rings. The topological polar surface area (TPSA) is 43.1 Å². The molecule has 0 heterocycles. The molecule has 0 bridgehead atoms. The number of nitro groups is 1. The second-order valence-electron chi connectivity index (χ2n) is 2.98. The lowest BCUT2D eigenvalue weighted by molar-refractivity contribution is -0.528. The minimum Gasteiger partial charge on any atom is -0.264 e. The summed E-state index contributed by atoms with van der Waals surface area (Å²) in [5.74, 6) is 0.259. The minimum absolute atomic E-state index is 0.177. The van der Waals surface area contributed by atoms with E-state index in [0.29, 0.717) is 0 Å². The molecule has 0 saturated carbocycles. The van der Waals surface area contributed by atoms with Crippen LogP contribution in [0.4, 0.5) is 0 Å². The highest BCUT2D eigenvalue weighted by Crippen LogP contribution is 2.16. The average Bonchev–Trinajstić information content (AvgIpc) is 1.98. The maximum Gasteiger partial charge on any atom is 0.213 e. The van der Waals surface area contributed by atoms with Crippen LogP contribution in [-0.4, -0.2) is 11.0 Å². The lowest BCUT2D eigenvalue weighted by Gasteiger charge is -2.14. The van der Waals surface area contributed by atoms with E-state index in [-0.39, 0.29) is 16.9 Å². The van der Waals surface area contributed by atoms with Gasteiger partial charge in [-0.3, -0.25) is 10.1 Å². The van der Waals surface area contributed by atoms with Gasteiger partial charge in [-0.2, -0.15) is 0 Å². The van der Waals surface area contributed by atoms with E-state index in [2.05, 4.69) is 6.92 Å². The second kappa shape index (κ2) is 5.10. The van der Waals surface area contributed by atoms with E-state index >= 15 is 0 Å². The largest absolute Gasteiger partial charge is 0.264 e. The van der Waals surface area contributed by atoms with E-state index in [1.54, 1.807) is 6.92 Å². The molecular formula is C8H17NO2. The predicted molar refractivity (Wildman–Crippen MR) is 45.1 cm³/mol. The first-order valence-corrected chi connectivity index (χ1v) is 4.26. The Kier molecular flexibility index (Phi) is 4.83. The van der Waals surface area contributed by atoms with E-state index in [1.165, 1.54) is 0 Å². The van der Waals surface area contributed by atoms with Crippen molar-refractivity contribution >= 4 is 0 Å². The van der Waals surface area contributed by atoms with Crippen LogP contribution in [0.3, 0.4) is 0 Å². The van der Waals surface area contributed by atoms with Crippen LogP contribution in [-0.2, 0) is 0 Å². The highest BCUT2D eigenvalue weighted by molar-refractivity contribution is 4.62. The standard InChI is InChI=1S/C8H17NO2/c1-4-6-8(5-2)7(3)9(10)11/h7-8H,4-6H2,1-3H3. The summed E-state index contributed by atoms with van der Waals surface area (Å²) in [7, 11) is 0. The fourth-order valence-electron chi connectivity index (χ4n) is 1.33. The molecule has 0 rings (SSSR count). The van der Waals surface area contributed by atoms with Crippen molar-refractivity contribution in [3.05, 3.63) is 10.1 Å². The first kappa shape index (κ1) is 10.4. The Morgan fingerprint density at radius 1 is 1.45 bits per heavy atom. The molecule has 66 valence electrons. The summed E-state index contributed by atoms with van der Waals surface area (Å²) < 4.78 is 0. The molecule has 0 aromatic heterocycles. The van der Waals surface area contributed by atoms with Gasteiger partial charge in [0.15, 0.2) is 0 Å². The molecule has 0 N–H and O–H groups in total. The third-order valence-electron chi connectivity index (χ3n) is 2.20. The Bertz CT molecular complexity index is 125. The van der Waals surface area contributed by atoms with Gasteiger partial charge in [0.25, 0.3) is 0 Å². The van der Waals surface area contributed by atoms with Crippen LogP contribution in [0.2, 0.25) is 0 Å². The van der Waals surface area contributed by atoms with Gasteiger partial charge in [-0.15, -0.1) is 0 Å². The van der Waals surface area contributed by atoms with Crippen molar-refractivity contribution in [1.82, 2.24) is 0 Å². The maximum atomic E-state index is 10.4. The third kappa shape index (κ3) is 3.35. The zero-order valence-electron chi connectivity index (χ0n) is 7.54. The van der Waals surface area contributed by atoms with Crippen LogP contribution in [0.15, 0.2) is 0 Å². The molecule has 0 aromatic carbocycles. The van der Waals surface area contributed by atoms with Gasteiger partial charge in [0.1, 0.15) is 0 Å². The van der Waals surface area contributed by atoms with Gasteiger partial charge < -0.3 is 0 Å². The predicted octanol–water partition coefficient (Wildman–Crippen LogP) is 2.48. The van der Waals surface area contributed by atoms with Crippen LogP contribution < -0.4 is 0 Å². The molecule has 0 radical (unpaired) electrons. The lowest BCUT2D eigenvalue weighted by atomic mass is 9.94. The Balaban J connectivity index is 3.91. The van der Waals surface area contributed by atoms with Gasteiger partial charge in [0, 0.05) is 17.8 Å². The molecule has 3 heteroatoms. The Morgan fingerprint density at radius 2 is 2.00 bits per heavy atom. The molecule has 0 amide bonds. The van der Waals surface area contributed by atoms with E-state index < -0.39 is 0 Å². The zero-order chi connectivity index (χ0) is 8.85. The Labute approximate surface area is 67.9 Å². The lowest BCUT2D eigenvalue weighted by Crippen LogP contribution is -2.25. The molecule has 11 heavy (non-hydrogen) atoms. The van der Waals surface area contributed by atoms with E-state index in [9.17, 15) is 10.1 Å². The average molecular weight is 159 g/mol. The van der Waals surface area contributed by atoms with Crippen molar-refractivity contribution < 1.29 is 4.92 Å². The fourth-order valence-corrected chi connectivity index (χ4v) is 1.33. The first-order chi connectivity index (χ1) is 5.13. The molecular weight excluding hydrogens is 142 g/mol. The highest BCUT2D eigenvalue weighted by atomic mass is 16.6. The summed E-state index contributed by atoms with van der Waals surface area (Å²) in [4.78, 5) is 10.2. The van der Waals surface area contributed by atoms with Crippen molar-refractivity contribution in [3.63, 3.8) is 0 Å². The van der Waals surface area contributed by atoms with Gasteiger partial charge >= 0.3 is 0 Å². The summed E-state index contributed by atoms with van der Waals surface area (Å²) >= 11 is 0. The van der Waals surface area contributed by atoms with Crippen LogP contribution in [0, 0.1) is 16.0 Å². The van der Waals surface area contributed by atoms with Crippen molar-refractivity contribution in [2.75, 3.05) is 0 Å². The summed E-state index contributed by atoms with van der Waals surface area (Å²) in [6.07, 6.45) is 2.92. The molecule has 0 aliphatic heterocycles. The number of hydrogen-bond acceptors (Lipinski definition) is 2. The number of rotatable bonds is 5. The fraction of sp³-hybridized carbons (Fsp3) is 1.00. The smallest absolute Gasteiger partial charge is 0.213 e. The van der Waals surface area contributed by atoms with Gasteiger partial charge in [0.05, 0.1) is 0 Å². The Morgan fingerprint density at radius 3 is 2.27 bits per heavy atom. The third-order valence-corrected chi connectivity index (χ3v) is 2.20. The summed E-state index contributed by atoms with van der Waals surface area (Å²) in [5.41, 5.74) is 0. The summed E-state index contributed by atoms with van der Waals surface area (Å²) in [6.45, 7) is 5.78. The molecule has 0 aliphatic carbocycles. The summed E-state index contributed by atoms with van der Waals surface area (Å²) in [6, 6.07) is -0.375. The Hall–Kier alpha value is -0.600. The molecule has 3 nitrogen and oxygen atoms in total. The van der Waals surface area contributed by atoms with Crippen LogP contribution in [0.1, 0.15) is 40.0 Å².